The molecule has 1 aromatic carbocycles. The Labute approximate surface area is 136 Å². The Morgan fingerprint density at radius 1 is 1.35 bits per heavy atom. The zero-order valence-corrected chi connectivity index (χ0v) is 13.8. The van der Waals surface area contributed by atoms with Crippen LogP contribution in [0.2, 0.25) is 0 Å². The molecule has 0 aromatic heterocycles. The van der Waals surface area contributed by atoms with Crippen molar-refractivity contribution in [1.82, 2.24) is 4.90 Å². The first kappa shape index (κ1) is 15.8. The van der Waals surface area contributed by atoms with Crippen molar-refractivity contribution in [2.75, 3.05) is 18.1 Å². The third kappa shape index (κ3) is 3.32. The minimum Gasteiger partial charge on any atom is -0.464 e. The number of hydrogen-bond donors (Lipinski definition) is 0. The molecule has 0 N–H and O–H groups in total. The van der Waals surface area contributed by atoms with Crippen LogP contribution >= 0.6 is 0 Å². The number of amides is 1. The molecule has 2 heterocycles. The van der Waals surface area contributed by atoms with E-state index in [0.29, 0.717) is 24.3 Å². The van der Waals surface area contributed by atoms with Gasteiger partial charge in [-0.15, -0.1) is 0 Å². The Kier molecular flexibility index (Phi) is 4.26. The first-order chi connectivity index (χ1) is 11.0. The third-order valence-electron chi connectivity index (χ3n) is 4.17. The standard InChI is InChI=1S/C17H19NO4S/c1-2-18(15-8-10-23(20,21)12-15)17(19)14-7-9-22-16-6-4-3-5-13(16)11-14/h3-7,9,11,15H,2,8,10,12H2,1H3. The summed E-state index contributed by atoms with van der Waals surface area (Å²) in [5, 5.41) is 0. The van der Waals surface area contributed by atoms with Gasteiger partial charge in [0.1, 0.15) is 5.75 Å². The van der Waals surface area contributed by atoms with Gasteiger partial charge in [-0.05, 0) is 31.6 Å². The van der Waals surface area contributed by atoms with Crippen LogP contribution in [0.3, 0.4) is 0 Å². The summed E-state index contributed by atoms with van der Waals surface area (Å²) in [6.45, 7) is 2.35. The van der Waals surface area contributed by atoms with E-state index < -0.39 is 9.84 Å². The van der Waals surface area contributed by atoms with E-state index in [1.54, 1.807) is 17.1 Å². The molecule has 2 aliphatic heterocycles. The van der Waals surface area contributed by atoms with Crippen LogP contribution in [0.5, 0.6) is 5.75 Å². The number of carbonyl (C=O) groups is 1. The molecule has 0 saturated carbocycles. The van der Waals surface area contributed by atoms with Crippen molar-refractivity contribution in [2.24, 2.45) is 0 Å². The Morgan fingerprint density at radius 3 is 2.83 bits per heavy atom. The highest BCUT2D eigenvalue weighted by Crippen LogP contribution is 2.26. The molecule has 5 nitrogen and oxygen atoms in total. The Bertz CT molecular complexity index is 780. The molecule has 122 valence electrons. The van der Waals surface area contributed by atoms with E-state index >= 15 is 0 Å². The van der Waals surface area contributed by atoms with Crippen molar-refractivity contribution in [3.8, 4) is 5.75 Å². The van der Waals surface area contributed by atoms with E-state index in [2.05, 4.69) is 0 Å². The van der Waals surface area contributed by atoms with Crippen molar-refractivity contribution in [1.29, 1.82) is 0 Å². The smallest absolute Gasteiger partial charge is 0.254 e. The predicted molar refractivity (Wildman–Crippen MR) is 88.6 cm³/mol. The summed E-state index contributed by atoms with van der Waals surface area (Å²) in [7, 11) is -3.03. The molecule has 1 amide bonds. The van der Waals surface area contributed by atoms with Gasteiger partial charge in [0.2, 0.25) is 0 Å². The number of fused-ring (bicyclic) bond motifs is 1. The van der Waals surface area contributed by atoms with Gasteiger partial charge in [0.05, 0.1) is 17.8 Å². The fourth-order valence-corrected chi connectivity index (χ4v) is 4.72. The molecular weight excluding hydrogens is 314 g/mol. The lowest BCUT2D eigenvalue weighted by molar-refractivity contribution is -0.128. The maximum Gasteiger partial charge on any atom is 0.254 e. The maximum absolute atomic E-state index is 12.8. The normalized spacial score (nSPS) is 21.8. The van der Waals surface area contributed by atoms with Crippen LogP contribution in [-0.2, 0) is 14.6 Å². The number of likely N-dealkylation sites (N-methyl/N-ethyl adjacent to an activating group) is 1. The molecule has 1 aromatic rings. The molecule has 1 fully saturated rings. The van der Waals surface area contributed by atoms with Crippen molar-refractivity contribution < 1.29 is 17.9 Å². The average molecular weight is 333 g/mol. The number of benzene rings is 1. The molecule has 1 unspecified atom stereocenters. The van der Waals surface area contributed by atoms with E-state index in [1.165, 1.54) is 6.26 Å². The van der Waals surface area contributed by atoms with Crippen molar-refractivity contribution in [3.05, 3.63) is 47.7 Å². The van der Waals surface area contributed by atoms with Crippen LogP contribution in [0, 0.1) is 0 Å². The minimum absolute atomic E-state index is 0.0522. The SMILES string of the molecule is CCN(C(=O)C1=Cc2ccccc2OC=C1)C1CCS(=O)(=O)C1. The number of hydrogen-bond acceptors (Lipinski definition) is 4. The second-order valence-corrected chi connectivity index (χ2v) is 7.93. The summed E-state index contributed by atoms with van der Waals surface area (Å²) in [6, 6.07) is 7.23. The summed E-state index contributed by atoms with van der Waals surface area (Å²) in [4.78, 5) is 14.5. The lowest BCUT2D eigenvalue weighted by Crippen LogP contribution is -2.41. The summed E-state index contributed by atoms with van der Waals surface area (Å²) < 4.78 is 28.9. The average Bonchev–Trinajstić information content (AvgIpc) is 2.76. The summed E-state index contributed by atoms with van der Waals surface area (Å²) >= 11 is 0. The Morgan fingerprint density at radius 2 is 2.13 bits per heavy atom. The van der Waals surface area contributed by atoms with E-state index in [1.807, 2.05) is 31.2 Å². The molecule has 0 aliphatic carbocycles. The molecule has 0 bridgehead atoms. The van der Waals surface area contributed by atoms with Gasteiger partial charge in [0.15, 0.2) is 9.84 Å². The van der Waals surface area contributed by atoms with E-state index in [-0.39, 0.29) is 23.5 Å². The second-order valence-electron chi connectivity index (χ2n) is 5.71. The summed E-state index contributed by atoms with van der Waals surface area (Å²) in [5.41, 5.74) is 1.33. The molecule has 23 heavy (non-hydrogen) atoms. The number of nitrogens with zero attached hydrogens (tertiary/aromatic N) is 1. The monoisotopic (exact) mass is 333 g/mol. The van der Waals surface area contributed by atoms with Gasteiger partial charge < -0.3 is 9.64 Å². The second kappa shape index (κ2) is 6.20. The third-order valence-corrected chi connectivity index (χ3v) is 5.92. The first-order valence-electron chi connectivity index (χ1n) is 7.65. The Balaban J connectivity index is 1.88. The van der Waals surface area contributed by atoms with Gasteiger partial charge in [-0.2, -0.15) is 0 Å². The zero-order valence-electron chi connectivity index (χ0n) is 12.9. The number of rotatable bonds is 3. The zero-order chi connectivity index (χ0) is 16.4. The van der Waals surface area contributed by atoms with Gasteiger partial charge in [-0.3, -0.25) is 4.79 Å². The molecular formula is C17H19NO4S. The molecule has 3 rings (SSSR count). The Hall–Kier alpha value is -2.08. The lowest BCUT2D eigenvalue weighted by Gasteiger charge is -2.27. The fourth-order valence-electron chi connectivity index (χ4n) is 2.99. The number of para-hydroxylation sites is 1. The van der Waals surface area contributed by atoms with E-state index in [4.69, 9.17) is 4.74 Å². The van der Waals surface area contributed by atoms with Crippen LogP contribution < -0.4 is 4.74 Å². The topological polar surface area (TPSA) is 63.7 Å². The van der Waals surface area contributed by atoms with Gasteiger partial charge in [-0.1, -0.05) is 18.2 Å². The number of sulfone groups is 1. The maximum atomic E-state index is 12.8. The van der Waals surface area contributed by atoms with Gasteiger partial charge >= 0.3 is 0 Å². The van der Waals surface area contributed by atoms with Gasteiger partial charge in [0.25, 0.3) is 5.91 Å². The highest BCUT2D eigenvalue weighted by molar-refractivity contribution is 7.91. The highest BCUT2D eigenvalue weighted by atomic mass is 32.2. The van der Waals surface area contributed by atoms with Crippen LogP contribution in [-0.4, -0.2) is 43.3 Å². The quantitative estimate of drug-likeness (QED) is 0.849. The summed E-state index contributed by atoms with van der Waals surface area (Å²) in [5.74, 6) is 0.739. The number of ether oxygens (including phenoxy) is 1. The van der Waals surface area contributed by atoms with Crippen LogP contribution in [0.15, 0.2) is 42.2 Å². The summed E-state index contributed by atoms with van der Waals surface area (Å²) in [6.07, 6.45) is 5.42. The van der Waals surface area contributed by atoms with Crippen LogP contribution in [0.4, 0.5) is 0 Å². The first-order valence-corrected chi connectivity index (χ1v) is 9.47. The van der Waals surface area contributed by atoms with Crippen LogP contribution in [0.1, 0.15) is 18.9 Å². The molecule has 0 spiro atoms. The number of carbonyl (C=O) groups excluding carboxylic acids is 1. The van der Waals surface area contributed by atoms with Gasteiger partial charge in [0, 0.05) is 23.7 Å². The molecule has 2 aliphatic rings. The van der Waals surface area contributed by atoms with E-state index in [0.717, 1.165) is 5.56 Å². The van der Waals surface area contributed by atoms with Crippen molar-refractivity contribution in [2.45, 2.75) is 19.4 Å². The minimum atomic E-state index is -3.03. The van der Waals surface area contributed by atoms with Gasteiger partial charge in [-0.25, -0.2) is 8.42 Å². The predicted octanol–water partition coefficient (Wildman–Crippen LogP) is 2.01. The highest BCUT2D eigenvalue weighted by Gasteiger charge is 2.34. The molecule has 0 radical (unpaired) electrons. The molecule has 1 atom stereocenters. The van der Waals surface area contributed by atoms with Crippen molar-refractivity contribution >= 4 is 21.8 Å². The molecule has 1 saturated heterocycles. The van der Waals surface area contributed by atoms with Crippen LogP contribution in [0.25, 0.3) is 6.08 Å². The largest absolute Gasteiger partial charge is 0.464 e. The molecule has 6 heteroatoms. The van der Waals surface area contributed by atoms with E-state index in [9.17, 15) is 13.2 Å². The fraction of sp³-hybridized carbons (Fsp3) is 0.353. The lowest BCUT2D eigenvalue weighted by atomic mass is 10.1. The van der Waals surface area contributed by atoms with Crippen molar-refractivity contribution in [3.63, 3.8) is 0 Å².